The molecule has 1 nitrogen and oxygen atoms in total. The standard InChI is InChI=1S/C13H11BrF2OS/c14-12(8-11-5-2-6-18-11)9-3-1-4-10(7-9)17-13(15)16/h1-7,12-13H,8H2. The molecule has 1 atom stereocenters. The molecule has 1 heterocycles. The summed E-state index contributed by atoms with van der Waals surface area (Å²) in [5, 5.41) is 2.02. The SMILES string of the molecule is FC(F)Oc1cccc(C(Br)Cc2cccs2)c1. The second kappa shape index (κ2) is 6.29. The first-order valence-corrected chi connectivity index (χ1v) is 7.16. The number of alkyl halides is 3. The molecule has 0 aliphatic heterocycles. The van der Waals surface area contributed by atoms with Crippen LogP contribution >= 0.6 is 27.3 Å². The summed E-state index contributed by atoms with van der Waals surface area (Å²) in [4.78, 5) is 1.34. The van der Waals surface area contributed by atoms with E-state index in [0.29, 0.717) is 0 Å². The van der Waals surface area contributed by atoms with Gasteiger partial charge >= 0.3 is 6.61 Å². The fourth-order valence-electron chi connectivity index (χ4n) is 1.61. The van der Waals surface area contributed by atoms with E-state index in [1.807, 2.05) is 17.5 Å². The first-order chi connectivity index (χ1) is 8.65. The monoisotopic (exact) mass is 332 g/mol. The average molecular weight is 333 g/mol. The van der Waals surface area contributed by atoms with Crippen LogP contribution in [0.1, 0.15) is 15.3 Å². The van der Waals surface area contributed by atoms with Crippen LogP contribution in [0.25, 0.3) is 0 Å². The van der Waals surface area contributed by atoms with Gasteiger partial charge in [0.2, 0.25) is 0 Å². The molecule has 1 aromatic carbocycles. The third kappa shape index (κ3) is 3.78. The van der Waals surface area contributed by atoms with Crippen molar-refractivity contribution in [3.8, 4) is 5.75 Å². The number of ether oxygens (including phenoxy) is 1. The summed E-state index contributed by atoms with van der Waals surface area (Å²) in [6.45, 7) is -2.79. The van der Waals surface area contributed by atoms with E-state index < -0.39 is 6.61 Å². The Hall–Kier alpha value is -0.940. The Morgan fingerprint density at radius 1 is 1.22 bits per heavy atom. The highest BCUT2D eigenvalue weighted by molar-refractivity contribution is 9.09. The maximum atomic E-state index is 12.1. The zero-order valence-electron chi connectivity index (χ0n) is 9.35. The van der Waals surface area contributed by atoms with Crippen molar-refractivity contribution in [1.82, 2.24) is 0 Å². The largest absolute Gasteiger partial charge is 0.435 e. The summed E-state index contributed by atoms with van der Waals surface area (Å²) < 4.78 is 28.6. The van der Waals surface area contributed by atoms with Crippen molar-refractivity contribution in [2.45, 2.75) is 17.9 Å². The van der Waals surface area contributed by atoms with E-state index in [4.69, 9.17) is 0 Å². The lowest BCUT2D eigenvalue weighted by atomic mass is 10.1. The molecule has 2 aromatic rings. The van der Waals surface area contributed by atoms with Crippen LogP contribution in [0.3, 0.4) is 0 Å². The minimum absolute atomic E-state index is 0.0948. The van der Waals surface area contributed by atoms with Gasteiger partial charge in [0.15, 0.2) is 0 Å². The molecule has 0 saturated carbocycles. The Labute approximate surface area is 117 Å². The molecule has 96 valence electrons. The number of benzene rings is 1. The number of hydrogen-bond acceptors (Lipinski definition) is 2. The molecule has 0 bridgehead atoms. The molecular formula is C13H11BrF2OS. The van der Waals surface area contributed by atoms with Crippen LogP contribution in [-0.4, -0.2) is 6.61 Å². The minimum atomic E-state index is -2.79. The maximum Gasteiger partial charge on any atom is 0.387 e. The first-order valence-electron chi connectivity index (χ1n) is 5.36. The van der Waals surface area contributed by atoms with Gasteiger partial charge < -0.3 is 4.74 Å². The first kappa shape index (κ1) is 13.5. The van der Waals surface area contributed by atoms with Crippen LogP contribution in [0, 0.1) is 0 Å². The molecule has 0 aliphatic carbocycles. The Balaban J connectivity index is 2.07. The quantitative estimate of drug-likeness (QED) is 0.698. The topological polar surface area (TPSA) is 9.23 Å². The number of halogens is 3. The van der Waals surface area contributed by atoms with E-state index >= 15 is 0 Å². The summed E-state index contributed by atoms with van der Waals surface area (Å²) in [6.07, 6.45) is 0.829. The van der Waals surface area contributed by atoms with Gasteiger partial charge in [0.25, 0.3) is 0 Å². The maximum absolute atomic E-state index is 12.1. The highest BCUT2D eigenvalue weighted by Gasteiger charge is 2.11. The molecule has 0 fully saturated rings. The molecule has 0 amide bonds. The van der Waals surface area contributed by atoms with Crippen molar-refractivity contribution in [1.29, 1.82) is 0 Å². The molecular weight excluding hydrogens is 322 g/mol. The van der Waals surface area contributed by atoms with E-state index in [9.17, 15) is 8.78 Å². The predicted octanol–water partition coefficient (Wildman–Crippen LogP) is 5.03. The van der Waals surface area contributed by atoms with E-state index in [2.05, 4.69) is 26.7 Å². The fourth-order valence-corrected chi connectivity index (χ4v) is 3.21. The summed E-state index contributed by atoms with van der Waals surface area (Å²) in [5.74, 6) is 0.193. The van der Waals surface area contributed by atoms with Crippen LogP contribution < -0.4 is 4.74 Å². The molecule has 1 aromatic heterocycles. The van der Waals surface area contributed by atoms with Crippen LogP contribution in [0.2, 0.25) is 0 Å². The lowest BCUT2D eigenvalue weighted by molar-refractivity contribution is -0.0498. The van der Waals surface area contributed by atoms with Gasteiger partial charge in [0, 0.05) is 9.70 Å². The lowest BCUT2D eigenvalue weighted by Crippen LogP contribution is -2.02. The molecule has 0 aliphatic rings. The van der Waals surface area contributed by atoms with Crippen molar-refractivity contribution < 1.29 is 13.5 Å². The van der Waals surface area contributed by atoms with Gasteiger partial charge in [-0.3, -0.25) is 0 Å². The molecule has 18 heavy (non-hydrogen) atoms. The van der Waals surface area contributed by atoms with Crippen molar-refractivity contribution >= 4 is 27.3 Å². The van der Waals surface area contributed by atoms with Gasteiger partial charge in [-0.1, -0.05) is 34.1 Å². The Kier molecular flexibility index (Phi) is 4.72. The van der Waals surface area contributed by atoms with Gasteiger partial charge in [-0.15, -0.1) is 11.3 Å². The normalized spacial score (nSPS) is 12.7. The fraction of sp³-hybridized carbons (Fsp3) is 0.231. The minimum Gasteiger partial charge on any atom is -0.435 e. The molecule has 0 N–H and O–H groups in total. The van der Waals surface area contributed by atoms with Crippen LogP contribution in [0.15, 0.2) is 41.8 Å². The van der Waals surface area contributed by atoms with Crippen LogP contribution in [0.5, 0.6) is 5.75 Å². The van der Waals surface area contributed by atoms with Crippen LogP contribution in [-0.2, 0) is 6.42 Å². The Morgan fingerprint density at radius 3 is 2.72 bits per heavy atom. The summed E-state index contributed by atoms with van der Waals surface area (Å²) in [7, 11) is 0. The molecule has 1 unspecified atom stereocenters. The van der Waals surface area contributed by atoms with E-state index in [-0.39, 0.29) is 10.6 Å². The molecule has 2 rings (SSSR count). The zero-order valence-corrected chi connectivity index (χ0v) is 11.8. The molecule has 5 heteroatoms. The summed E-state index contributed by atoms with van der Waals surface area (Å²) >= 11 is 5.25. The molecule has 0 saturated heterocycles. The van der Waals surface area contributed by atoms with Gasteiger partial charge in [0.1, 0.15) is 5.75 Å². The highest BCUT2D eigenvalue weighted by atomic mass is 79.9. The van der Waals surface area contributed by atoms with E-state index in [0.717, 1.165) is 12.0 Å². The third-order valence-electron chi connectivity index (χ3n) is 2.41. The zero-order chi connectivity index (χ0) is 13.0. The lowest BCUT2D eigenvalue weighted by Gasteiger charge is -2.11. The van der Waals surface area contributed by atoms with Gasteiger partial charge in [0.05, 0.1) is 0 Å². The number of rotatable bonds is 5. The van der Waals surface area contributed by atoms with Crippen molar-refractivity contribution in [2.75, 3.05) is 0 Å². The van der Waals surface area contributed by atoms with Crippen LogP contribution in [0.4, 0.5) is 8.78 Å². The van der Waals surface area contributed by atoms with E-state index in [1.54, 1.807) is 23.5 Å². The molecule has 0 spiro atoms. The highest BCUT2D eigenvalue weighted by Crippen LogP contribution is 2.31. The second-order valence-electron chi connectivity index (χ2n) is 3.70. The van der Waals surface area contributed by atoms with Gasteiger partial charge in [-0.2, -0.15) is 8.78 Å². The van der Waals surface area contributed by atoms with Crippen molar-refractivity contribution in [3.63, 3.8) is 0 Å². The number of hydrogen-bond donors (Lipinski definition) is 0. The molecule has 0 radical (unpaired) electrons. The predicted molar refractivity (Wildman–Crippen MR) is 72.8 cm³/mol. The van der Waals surface area contributed by atoms with Gasteiger partial charge in [-0.05, 0) is 35.6 Å². The summed E-state index contributed by atoms with van der Waals surface area (Å²) in [6, 6.07) is 10.8. The van der Waals surface area contributed by atoms with Crippen molar-refractivity contribution in [2.24, 2.45) is 0 Å². The van der Waals surface area contributed by atoms with E-state index in [1.165, 1.54) is 10.9 Å². The van der Waals surface area contributed by atoms with Gasteiger partial charge in [-0.25, -0.2) is 0 Å². The summed E-state index contributed by atoms with van der Waals surface area (Å²) in [5.41, 5.74) is 0.932. The second-order valence-corrected chi connectivity index (χ2v) is 5.84. The van der Waals surface area contributed by atoms with Crippen molar-refractivity contribution in [3.05, 3.63) is 52.2 Å². The third-order valence-corrected chi connectivity index (χ3v) is 4.16. The number of thiophene rings is 1. The smallest absolute Gasteiger partial charge is 0.387 e. The average Bonchev–Trinajstić information content (AvgIpc) is 2.81. The Bertz CT molecular complexity index is 487. The Morgan fingerprint density at radius 2 is 2.06 bits per heavy atom.